The topological polar surface area (TPSA) is 85.6 Å². The molecule has 0 unspecified atom stereocenters. The molecule has 3 aromatic heterocycles. The first-order valence-electron chi connectivity index (χ1n) is 6.12. The van der Waals surface area contributed by atoms with E-state index in [1.807, 2.05) is 6.92 Å². The molecule has 0 aliphatic carbocycles. The van der Waals surface area contributed by atoms with Crippen molar-refractivity contribution in [3.05, 3.63) is 35.0 Å². The van der Waals surface area contributed by atoms with Crippen molar-refractivity contribution < 1.29 is 4.79 Å². The maximum Gasteiger partial charge on any atom is 0.224 e. The molecule has 0 bridgehead atoms. The number of anilines is 2. The van der Waals surface area contributed by atoms with Crippen LogP contribution < -0.4 is 5.32 Å². The van der Waals surface area contributed by atoms with Crippen LogP contribution in [0.1, 0.15) is 16.1 Å². The Morgan fingerprint density at radius 1 is 1.33 bits per heavy atom. The summed E-state index contributed by atoms with van der Waals surface area (Å²) in [5.74, 6) is 0.581. The molecule has 0 amide bonds. The summed E-state index contributed by atoms with van der Waals surface area (Å²) < 4.78 is 1.61. The molecule has 0 aliphatic heterocycles. The van der Waals surface area contributed by atoms with Gasteiger partial charge in [0.15, 0.2) is 17.8 Å². The molecule has 0 saturated heterocycles. The molecule has 0 fully saturated rings. The number of rotatable bonds is 3. The Bertz CT molecular complexity index is 844. The molecule has 0 spiro atoms. The number of fused-ring (bicyclic) bond motifs is 1. The van der Waals surface area contributed by atoms with Crippen molar-refractivity contribution in [3.63, 3.8) is 0 Å². The number of pyridine rings is 1. The van der Waals surface area contributed by atoms with Gasteiger partial charge in [0.2, 0.25) is 5.28 Å². The van der Waals surface area contributed by atoms with Crippen LogP contribution in [-0.4, -0.2) is 31.0 Å². The third-order valence-electron chi connectivity index (χ3n) is 3.05. The second-order valence-corrected chi connectivity index (χ2v) is 4.83. The number of aromatic nitrogens is 5. The molecule has 8 heteroatoms. The molecule has 106 valence electrons. The molecule has 21 heavy (non-hydrogen) atoms. The van der Waals surface area contributed by atoms with Crippen molar-refractivity contribution >= 4 is 40.4 Å². The molecule has 3 heterocycles. The van der Waals surface area contributed by atoms with Crippen LogP contribution in [0.25, 0.3) is 11.0 Å². The lowest BCUT2D eigenvalue weighted by Gasteiger charge is -2.07. The molecule has 3 rings (SSSR count). The predicted molar refractivity (Wildman–Crippen MR) is 79.0 cm³/mol. The number of hydrogen-bond acceptors (Lipinski definition) is 6. The molecular weight excluding hydrogens is 292 g/mol. The first kappa shape index (κ1) is 13.4. The lowest BCUT2D eigenvalue weighted by Crippen LogP contribution is -1.99. The molecule has 3 aromatic rings. The monoisotopic (exact) mass is 302 g/mol. The van der Waals surface area contributed by atoms with Crippen molar-refractivity contribution in [1.29, 1.82) is 0 Å². The Hall–Kier alpha value is -2.54. The summed E-state index contributed by atoms with van der Waals surface area (Å²) in [5, 5.41) is 8.40. The van der Waals surface area contributed by atoms with Crippen LogP contribution in [-0.2, 0) is 7.05 Å². The van der Waals surface area contributed by atoms with Gasteiger partial charge in [-0.3, -0.25) is 9.78 Å². The number of nitrogens with one attached hydrogen (secondary N) is 1. The standard InChI is InChI=1S/C13H11ClN6O/c1-7-10(3-8(6-21)4-15-7)17-11-9-5-16-13(14)18-12(9)20(2)19-11/h3-6H,1-2H3,(H,17,19). The van der Waals surface area contributed by atoms with Crippen LogP contribution in [0, 0.1) is 6.92 Å². The minimum atomic E-state index is 0.165. The van der Waals surface area contributed by atoms with E-state index in [4.69, 9.17) is 11.6 Å². The van der Waals surface area contributed by atoms with E-state index in [1.54, 1.807) is 24.0 Å². The van der Waals surface area contributed by atoms with Crippen molar-refractivity contribution in [2.45, 2.75) is 6.92 Å². The Morgan fingerprint density at radius 3 is 2.90 bits per heavy atom. The molecule has 0 aliphatic rings. The van der Waals surface area contributed by atoms with Crippen molar-refractivity contribution in [1.82, 2.24) is 24.7 Å². The van der Waals surface area contributed by atoms with Gasteiger partial charge in [-0.1, -0.05) is 0 Å². The molecule has 0 atom stereocenters. The highest BCUT2D eigenvalue weighted by atomic mass is 35.5. The third-order valence-corrected chi connectivity index (χ3v) is 3.23. The zero-order chi connectivity index (χ0) is 15.0. The zero-order valence-electron chi connectivity index (χ0n) is 11.3. The summed E-state index contributed by atoms with van der Waals surface area (Å²) in [6.45, 7) is 1.84. The Kier molecular flexibility index (Phi) is 3.26. The highest BCUT2D eigenvalue weighted by Gasteiger charge is 2.12. The number of carbonyl (C=O) groups excluding carboxylic acids is 1. The van der Waals surface area contributed by atoms with E-state index >= 15 is 0 Å². The fraction of sp³-hybridized carbons (Fsp3) is 0.154. The predicted octanol–water partition coefficient (Wildman–Crippen LogP) is 2.28. The fourth-order valence-electron chi connectivity index (χ4n) is 1.98. The van der Waals surface area contributed by atoms with E-state index in [2.05, 4.69) is 25.4 Å². The Balaban J connectivity index is 2.08. The van der Waals surface area contributed by atoms with Crippen LogP contribution in [0.15, 0.2) is 18.5 Å². The minimum absolute atomic E-state index is 0.165. The van der Waals surface area contributed by atoms with Gasteiger partial charge in [-0.2, -0.15) is 10.1 Å². The van der Waals surface area contributed by atoms with Crippen molar-refractivity contribution in [2.75, 3.05) is 5.32 Å². The largest absolute Gasteiger partial charge is 0.337 e. The number of aryl methyl sites for hydroxylation is 2. The van der Waals surface area contributed by atoms with Crippen molar-refractivity contribution in [3.8, 4) is 0 Å². The van der Waals surface area contributed by atoms with E-state index in [1.165, 1.54) is 6.20 Å². The molecule has 0 radical (unpaired) electrons. The van der Waals surface area contributed by atoms with E-state index in [0.717, 1.165) is 17.4 Å². The van der Waals surface area contributed by atoms with Gasteiger partial charge in [0.1, 0.15) is 0 Å². The summed E-state index contributed by atoms with van der Waals surface area (Å²) in [7, 11) is 1.77. The zero-order valence-corrected chi connectivity index (χ0v) is 12.1. The molecule has 7 nitrogen and oxygen atoms in total. The Labute approximate surface area is 125 Å². The average molecular weight is 303 g/mol. The van der Waals surface area contributed by atoms with Gasteiger partial charge >= 0.3 is 0 Å². The molecule has 1 N–H and O–H groups in total. The number of nitrogens with zero attached hydrogens (tertiary/aromatic N) is 5. The molecular formula is C13H11ClN6O. The van der Waals surface area contributed by atoms with Crippen LogP contribution in [0.5, 0.6) is 0 Å². The first-order valence-corrected chi connectivity index (χ1v) is 6.50. The van der Waals surface area contributed by atoms with Gasteiger partial charge in [-0.25, -0.2) is 9.67 Å². The summed E-state index contributed by atoms with van der Waals surface area (Å²) in [4.78, 5) is 23.1. The molecule has 0 aromatic carbocycles. The number of halogens is 1. The maximum atomic E-state index is 10.9. The van der Waals surface area contributed by atoms with Crippen LogP contribution in [0.3, 0.4) is 0 Å². The smallest absolute Gasteiger partial charge is 0.224 e. The van der Waals surface area contributed by atoms with Gasteiger partial charge in [-0.15, -0.1) is 0 Å². The lowest BCUT2D eigenvalue weighted by molar-refractivity contribution is 0.112. The second kappa shape index (κ2) is 5.10. The van der Waals surface area contributed by atoms with Gasteiger partial charge < -0.3 is 5.32 Å². The van der Waals surface area contributed by atoms with Gasteiger partial charge in [0, 0.05) is 25.0 Å². The van der Waals surface area contributed by atoms with Gasteiger partial charge in [0.05, 0.1) is 16.8 Å². The minimum Gasteiger partial charge on any atom is -0.337 e. The quantitative estimate of drug-likeness (QED) is 0.590. The summed E-state index contributed by atoms with van der Waals surface area (Å²) in [6.07, 6.45) is 3.87. The van der Waals surface area contributed by atoms with E-state index < -0.39 is 0 Å². The second-order valence-electron chi connectivity index (χ2n) is 4.49. The van der Waals surface area contributed by atoms with Crippen molar-refractivity contribution in [2.24, 2.45) is 7.05 Å². The SMILES string of the molecule is Cc1ncc(C=O)cc1Nc1nn(C)c2nc(Cl)ncc12. The van der Waals surface area contributed by atoms with E-state index in [0.29, 0.717) is 22.7 Å². The van der Waals surface area contributed by atoms with Gasteiger partial charge in [0.25, 0.3) is 0 Å². The fourth-order valence-corrected chi connectivity index (χ4v) is 2.11. The lowest BCUT2D eigenvalue weighted by atomic mass is 10.2. The summed E-state index contributed by atoms with van der Waals surface area (Å²) >= 11 is 5.79. The highest BCUT2D eigenvalue weighted by molar-refractivity contribution is 6.28. The van der Waals surface area contributed by atoms with Crippen LogP contribution >= 0.6 is 11.6 Å². The maximum absolute atomic E-state index is 10.9. The molecule has 0 saturated carbocycles. The average Bonchev–Trinajstić information content (AvgIpc) is 2.77. The number of carbonyl (C=O) groups is 1. The van der Waals surface area contributed by atoms with Crippen LogP contribution in [0.2, 0.25) is 5.28 Å². The summed E-state index contributed by atoms with van der Waals surface area (Å²) in [6, 6.07) is 1.71. The highest BCUT2D eigenvalue weighted by Crippen LogP contribution is 2.25. The van der Waals surface area contributed by atoms with E-state index in [-0.39, 0.29) is 5.28 Å². The number of hydrogen-bond donors (Lipinski definition) is 1. The summed E-state index contributed by atoms with van der Waals surface area (Å²) in [5.41, 5.74) is 2.57. The van der Waals surface area contributed by atoms with Crippen LogP contribution in [0.4, 0.5) is 11.5 Å². The normalized spacial score (nSPS) is 10.8. The third kappa shape index (κ3) is 2.43. The Morgan fingerprint density at radius 2 is 2.14 bits per heavy atom. The van der Waals surface area contributed by atoms with Gasteiger partial charge in [-0.05, 0) is 24.6 Å². The first-order chi connectivity index (χ1) is 10.1. The van der Waals surface area contributed by atoms with E-state index in [9.17, 15) is 4.79 Å². The number of aldehydes is 1.